The van der Waals surface area contributed by atoms with E-state index < -0.39 is 0 Å². The summed E-state index contributed by atoms with van der Waals surface area (Å²) in [6.07, 6.45) is 8.01. The van der Waals surface area contributed by atoms with Gasteiger partial charge in [0.25, 0.3) is 0 Å². The van der Waals surface area contributed by atoms with E-state index in [-0.39, 0.29) is 0 Å². The summed E-state index contributed by atoms with van der Waals surface area (Å²) in [5.41, 5.74) is 8.97. The Morgan fingerprint density at radius 1 is 1.38 bits per heavy atom. The van der Waals surface area contributed by atoms with Crippen molar-refractivity contribution in [3.63, 3.8) is 0 Å². The lowest BCUT2D eigenvalue weighted by Gasteiger charge is -2.19. The molecule has 1 aliphatic rings. The van der Waals surface area contributed by atoms with Crippen LogP contribution in [0.2, 0.25) is 0 Å². The van der Waals surface area contributed by atoms with Gasteiger partial charge in [-0.05, 0) is 46.0 Å². The van der Waals surface area contributed by atoms with Crippen molar-refractivity contribution in [2.75, 3.05) is 30.0 Å². The van der Waals surface area contributed by atoms with Gasteiger partial charge in [0.05, 0.1) is 6.20 Å². The minimum absolute atomic E-state index is 0.575. The van der Waals surface area contributed by atoms with Crippen LogP contribution < -0.4 is 10.6 Å². The number of nitrogens with zero attached hydrogens (tertiary/aromatic N) is 4. The summed E-state index contributed by atoms with van der Waals surface area (Å²) in [5, 5.41) is 6.42. The van der Waals surface area contributed by atoms with Crippen LogP contribution in [0.5, 0.6) is 0 Å². The third-order valence-corrected chi connectivity index (χ3v) is 5.04. The molecular formula is C17H24BrN5S. The van der Waals surface area contributed by atoms with Crippen LogP contribution in [0.3, 0.4) is 0 Å². The van der Waals surface area contributed by atoms with E-state index in [2.05, 4.69) is 32.5 Å². The van der Waals surface area contributed by atoms with E-state index in [4.69, 9.17) is 10.7 Å². The van der Waals surface area contributed by atoms with Gasteiger partial charge in [-0.1, -0.05) is 26.5 Å². The molecular weight excluding hydrogens is 386 g/mol. The molecule has 3 heterocycles. The summed E-state index contributed by atoms with van der Waals surface area (Å²) in [6, 6.07) is 0. The lowest BCUT2D eigenvalue weighted by molar-refractivity contribution is 0.899. The van der Waals surface area contributed by atoms with Crippen molar-refractivity contribution in [3.8, 4) is 0 Å². The molecule has 0 aliphatic carbocycles. The first-order chi connectivity index (χ1) is 11.7. The largest absolute Gasteiger partial charge is 0.383 e. The van der Waals surface area contributed by atoms with Crippen LogP contribution in [0.1, 0.15) is 32.3 Å². The van der Waals surface area contributed by atoms with E-state index in [9.17, 15) is 0 Å². The number of aromatic nitrogens is 3. The number of anilines is 2. The van der Waals surface area contributed by atoms with Crippen molar-refractivity contribution in [1.82, 2.24) is 14.6 Å². The molecule has 24 heavy (non-hydrogen) atoms. The van der Waals surface area contributed by atoms with Gasteiger partial charge in [-0.3, -0.25) is 0 Å². The van der Waals surface area contributed by atoms with Gasteiger partial charge in [0.15, 0.2) is 5.65 Å². The number of thioether (sulfide) groups is 1. The van der Waals surface area contributed by atoms with Crippen molar-refractivity contribution in [2.45, 2.75) is 26.7 Å². The summed E-state index contributed by atoms with van der Waals surface area (Å²) in [4.78, 5) is 7.10. The van der Waals surface area contributed by atoms with Crippen molar-refractivity contribution in [1.29, 1.82) is 0 Å². The minimum Gasteiger partial charge on any atom is -0.383 e. The standard InChI is InChI=1S/C15H18BrN5S.C2H6/c1-3-10(9-22-2)11-8-18-21-13(17)12(16)15(19-14(11)21)20-6-4-5-7-20;1-2/h3,8-9H,1,4-7,17H2,2H3;1-2H3/b10-9+;. The number of halogens is 1. The Balaban J connectivity index is 0.00000100. The summed E-state index contributed by atoms with van der Waals surface area (Å²) in [7, 11) is 0. The van der Waals surface area contributed by atoms with Crippen molar-refractivity contribution in [2.24, 2.45) is 0 Å². The molecule has 1 aliphatic heterocycles. The minimum atomic E-state index is 0.575. The Kier molecular flexibility index (Phi) is 6.74. The Morgan fingerprint density at radius 3 is 2.62 bits per heavy atom. The summed E-state index contributed by atoms with van der Waals surface area (Å²) in [5.74, 6) is 1.47. The highest BCUT2D eigenvalue weighted by Gasteiger charge is 2.22. The normalized spacial score (nSPS) is 14.7. The highest BCUT2D eigenvalue weighted by Crippen LogP contribution is 2.34. The third-order valence-electron chi connectivity index (χ3n) is 3.79. The fourth-order valence-corrected chi connectivity index (χ4v) is 3.66. The lowest BCUT2D eigenvalue weighted by atomic mass is 10.1. The van der Waals surface area contributed by atoms with Crippen LogP contribution in [0.15, 0.2) is 28.7 Å². The first kappa shape index (κ1) is 18.9. The molecule has 1 saturated heterocycles. The maximum absolute atomic E-state index is 6.25. The summed E-state index contributed by atoms with van der Waals surface area (Å²) in [6.45, 7) is 9.91. The van der Waals surface area contributed by atoms with E-state index in [0.717, 1.165) is 40.2 Å². The second kappa shape index (κ2) is 8.58. The van der Waals surface area contributed by atoms with E-state index in [1.165, 1.54) is 12.8 Å². The molecule has 2 N–H and O–H groups in total. The molecule has 3 rings (SSSR count). The van der Waals surface area contributed by atoms with Crippen molar-refractivity contribution < 1.29 is 0 Å². The van der Waals surface area contributed by atoms with Gasteiger partial charge in [-0.15, -0.1) is 11.8 Å². The number of allylic oxidation sites excluding steroid dienone is 2. The maximum atomic E-state index is 6.25. The Hall–Kier alpha value is -1.47. The number of nitrogens with two attached hydrogens (primary N) is 1. The van der Waals surface area contributed by atoms with E-state index in [0.29, 0.717) is 5.82 Å². The first-order valence-electron chi connectivity index (χ1n) is 8.10. The van der Waals surface area contributed by atoms with Crippen LogP contribution in [-0.2, 0) is 0 Å². The maximum Gasteiger partial charge on any atom is 0.167 e. The zero-order chi connectivity index (χ0) is 17.7. The molecule has 0 unspecified atom stereocenters. The van der Waals surface area contributed by atoms with Crippen molar-refractivity contribution in [3.05, 3.63) is 34.3 Å². The van der Waals surface area contributed by atoms with Crippen LogP contribution in [-0.4, -0.2) is 33.9 Å². The zero-order valence-corrected chi connectivity index (χ0v) is 16.8. The smallest absolute Gasteiger partial charge is 0.167 e. The quantitative estimate of drug-likeness (QED) is 0.747. The third kappa shape index (κ3) is 3.47. The van der Waals surface area contributed by atoms with Gasteiger partial charge < -0.3 is 10.6 Å². The molecule has 0 amide bonds. The molecule has 2 aromatic rings. The highest BCUT2D eigenvalue weighted by atomic mass is 79.9. The molecule has 0 radical (unpaired) electrons. The van der Waals surface area contributed by atoms with E-state index in [1.54, 1.807) is 22.5 Å². The van der Waals surface area contributed by atoms with Gasteiger partial charge in [0.2, 0.25) is 0 Å². The first-order valence-corrected chi connectivity index (χ1v) is 10.2. The van der Waals surface area contributed by atoms with E-state index in [1.807, 2.05) is 31.6 Å². The fraction of sp³-hybridized carbons (Fsp3) is 0.412. The van der Waals surface area contributed by atoms with Gasteiger partial charge in [0, 0.05) is 18.7 Å². The van der Waals surface area contributed by atoms with Crippen LogP contribution in [0.25, 0.3) is 11.2 Å². The fourth-order valence-electron chi connectivity index (χ4n) is 2.67. The highest BCUT2D eigenvalue weighted by molar-refractivity contribution is 9.10. The number of hydrogen-bond donors (Lipinski definition) is 1. The molecule has 7 heteroatoms. The average molecular weight is 410 g/mol. The molecule has 0 spiro atoms. The van der Waals surface area contributed by atoms with Crippen molar-refractivity contribution >= 4 is 50.5 Å². The Bertz CT molecular complexity index is 747. The number of rotatable bonds is 4. The Morgan fingerprint density at radius 2 is 2.04 bits per heavy atom. The second-order valence-corrected chi connectivity index (χ2v) is 6.64. The van der Waals surface area contributed by atoms with Gasteiger partial charge in [-0.25, -0.2) is 4.98 Å². The molecule has 130 valence electrons. The zero-order valence-electron chi connectivity index (χ0n) is 14.4. The molecule has 0 aromatic carbocycles. The SMILES string of the molecule is C=C/C(=C\SC)c1cnn2c(N)c(Br)c(N3CCCC3)nc12.CC. The molecule has 2 aromatic heterocycles. The van der Waals surface area contributed by atoms with Gasteiger partial charge >= 0.3 is 0 Å². The van der Waals surface area contributed by atoms with E-state index >= 15 is 0 Å². The number of hydrogen-bond acceptors (Lipinski definition) is 5. The number of fused-ring (bicyclic) bond motifs is 1. The average Bonchev–Trinajstić information content (AvgIpc) is 3.27. The predicted molar refractivity (Wildman–Crippen MR) is 110 cm³/mol. The van der Waals surface area contributed by atoms with Crippen LogP contribution in [0, 0.1) is 0 Å². The molecule has 1 fully saturated rings. The topological polar surface area (TPSA) is 59.5 Å². The van der Waals surface area contributed by atoms with Crippen LogP contribution in [0.4, 0.5) is 11.6 Å². The molecule has 0 atom stereocenters. The predicted octanol–water partition coefficient (Wildman–Crippen LogP) is 4.59. The molecule has 0 bridgehead atoms. The monoisotopic (exact) mass is 409 g/mol. The van der Waals surface area contributed by atoms with Gasteiger partial charge in [-0.2, -0.15) is 9.61 Å². The lowest BCUT2D eigenvalue weighted by Crippen LogP contribution is -2.21. The summed E-state index contributed by atoms with van der Waals surface area (Å²) >= 11 is 5.21. The Labute approximate surface area is 156 Å². The molecule has 0 saturated carbocycles. The number of nitrogen functional groups attached to an aromatic ring is 1. The summed E-state index contributed by atoms with van der Waals surface area (Å²) < 4.78 is 2.49. The van der Waals surface area contributed by atoms with Crippen LogP contribution >= 0.6 is 27.7 Å². The molecule has 5 nitrogen and oxygen atoms in total. The second-order valence-electron chi connectivity index (χ2n) is 5.14. The van der Waals surface area contributed by atoms with Gasteiger partial charge in [0.1, 0.15) is 16.1 Å².